The number of alkyl halides is 3. The number of amides is 1. The molecule has 1 aliphatic rings. The summed E-state index contributed by atoms with van der Waals surface area (Å²) in [5.41, 5.74) is 2.08. The number of carbonyl (C=O) groups excluding carboxylic acids is 1. The Labute approximate surface area is 229 Å². The van der Waals surface area contributed by atoms with Crippen molar-refractivity contribution in [1.29, 1.82) is 0 Å². The Balaban J connectivity index is 1.45. The molecule has 202 valence electrons. The lowest BCUT2D eigenvalue weighted by Crippen LogP contribution is -2.27. The average molecular weight is 551 g/mol. The molecule has 4 nitrogen and oxygen atoms in total. The van der Waals surface area contributed by atoms with Crippen molar-refractivity contribution in [2.24, 2.45) is 16.3 Å². The summed E-state index contributed by atoms with van der Waals surface area (Å²) in [5, 5.41) is 3.59. The zero-order valence-electron chi connectivity index (χ0n) is 21.9. The van der Waals surface area contributed by atoms with Gasteiger partial charge in [0, 0.05) is 16.1 Å². The zero-order valence-corrected chi connectivity index (χ0v) is 22.7. The largest absolute Gasteiger partial charge is 0.455 e. The summed E-state index contributed by atoms with van der Waals surface area (Å²) in [6, 6.07) is 17.6. The predicted octanol–water partition coefficient (Wildman–Crippen LogP) is 9.18. The molecule has 1 N–H and O–H groups in total. The van der Waals surface area contributed by atoms with E-state index in [0.717, 1.165) is 37.0 Å². The maximum absolute atomic E-state index is 13.5. The van der Waals surface area contributed by atoms with Crippen LogP contribution in [0.1, 0.15) is 59.3 Å². The highest BCUT2D eigenvalue weighted by Gasteiger charge is 2.34. The smallest absolute Gasteiger partial charge is 0.416 e. The summed E-state index contributed by atoms with van der Waals surface area (Å²) in [7, 11) is 0. The van der Waals surface area contributed by atoms with Gasteiger partial charge in [0.2, 0.25) is 0 Å². The monoisotopic (exact) mass is 550 g/mol. The van der Waals surface area contributed by atoms with Crippen LogP contribution in [0.3, 0.4) is 0 Å². The Morgan fingerprint density at radius 2 is 1.82 bits per heavy atom. The molecular weight excluding hydrogens is 521 g/mol. The lowest BCUT2D eigenvalue weighted by atomic mass is 9.72. The summed E-state index contributed by atoms with van der Waals surface area (Å²) in [5.74, 6) is 0.994. The Morgan fingerprint density at radius 3 is 2.54 bits per heavy atom. The van der Waals surface area contributed by atoms with E-state index in [1.165, 1.54) is 28.5 Å². The van der Waals surface area contributed by atoms with Crippen LogP contribution < -0.4 is 5.32 Å². The lowest BCUT2D eigenvalue weighted by molar-refractivity contribution is -0.137. The highest BCUT2D eigenvalue weighted by molar-refractivity contribution is 7.16. The van der Waals surface area contributed by atoms with E-state index >= 15 is 0 Å². The fourth-order valence-electron chi connectivity index (χ4n) is 4.90. The summed E-state index contributed by atoms with van der Waals surface area (Å²) in [6.45, 7) is 6.74. The molecule has 1 amide bonds. The van der Waals surface area contributed by atoms with Gasteiger partial charge >= 0.3 is 6.18 Å². The molecule has 0 spiro atoms. The highest BCUT2D eigenvalue weighted by Crippen LogP contribution is 2.45. The second-order valence-electron chi connectivity index (χ2n) is 10.8. The number of anilines is 1. The predicted molar refractivity (Wildman–Crippen MR) is 150 cm³/mol. The van der Waals surface area contributed by atoms with Gasteiger partial charge in [-0.3, -0.25) is 4.79 Å². The average Bonchev–Trinajstić information content (AvgIpc) is 3.51. The van der Waals surface area contributed by atoms with Crippen molar-refractivity contribution in [1.82, 2.24) is 0 Å². The molecule has 2 aromatic carbocycles. The molecule has 0 aliphatic heterocycles. The van der Waals surface area contributed by atoms with Crippen LogP contribution in [-0.2, 0) is 19.0 Å². The van der Waals surface area contributed by atoms with Crippen molar-refractivity contribution in [2.75, 3.05) is 5.32 Å². The van der Waals surface area contributed by atoms with Gasteiger partial charge in [-0.25, -0.2) is 4.99 Å². The molecule has 1 aliphatic carbocycles. The van der Waals surface area contributed by atoms with Crippen LogP contribution in [0.4, 0.5) is 23.9 Å². The van der Waals surface area contributed by atoms with Crippen molar-refractivity contribution in [3.63, 3.8) is 0 Å². The van der Waals surface area contributed by atoms with Crippen LogP contribution in [0, 0.1) is 11.3 Å². The number of nitrogens with one attached hydrogen (secondary N) is 1. The highest BCUT2D eigenvalue weighted by atomic mass is 32.1. The van der Waals surface area contributed by atoms with Gasteiger partial charge in [0.1, 0.15) is 16.5 Å². The van der Waals surface area contributed by atoms with Gasteiger partial charge < -0.3 is 9.73 Å². The van der Waals surface area contributed by atoms with Crippen LogP contribution >= 0.6 is 11.3 Å². The second kappa shape index (κ2) is 10.5. The first-order chi connectivity index (χ1) is 18.5. The van der Waals surface area contributed by atoms with Crippen LogP contribution in [-0.4, -0.2) is 12.1 Å². The topological polar surface area (TPSA) is 54.6 Å². The molecule has 8 heteroatoms. The van der Waals surface area contributed by atoms with E-state index in [1.54, 1.807) is 18.2 Å². The molecular formula is C31H29F3N2O2S. The molecule has 1 atom stereocenters. The quantitative estimate of drug-likeness (QED) is 0.252. The van der Waals surface area contributed by atoms with Crippen molar-refractivity contribution in [3.05, 3.63) is 94.1 Å². The van der Waals surface area contributed by atoms with Gasteiger partial charge in [-0.2, -0.15) is 13.2 Å². The molecule has 0 saturated carbocycles. The molecule has 2 aromatic heterocycles. The maximum atomic E-state index is 13.5. The van der Waals surface area contributed by atoms with E-state index in [2.05, 4.69) is 31.1 Å². The molecule has 39 heavy (non-hydrogen) atoms. The van der Waals surface area contributed by atoms with E-state index in [9.17, 15) is 18.0 Å². The first-order valence-electron chi connectivity index (χ1n) is 12.8. The summed E-state index contributed by atoms with van der Waals surface area (Å²) in [6.07, 6.45) is -0.213. The molecule has 2 heterocycles. The molecule has 0 fully saturated rings. The molecule has 0 radical (unpaired) electrons. The minimum absolute atomic E-state index is 0.158. The maximum Gasteiger partial charge on any atom is 0.416 e. The van der Waals surface area contributed by atoms with Crippen LogP contribution in [0.5, 0.6) is 0 Å². The minimum Gasteiger partial charge on any atom is -0.455 e. The zero-order chi connectivity index (χ0) is 27.8. The number of nitrogens with zero attached hydrogens (tertiary/aromatic N) is 1. The number of rotatable bonds is 5. The van der Waals surface area contributed by atoms with Crippen LogP contribution in [0.25, 0.3) is 11.3 Å². The number of hydrogen-bond donors (Lipinski definition) is 1. The Hall–Kier alpha value is -3.65. The van der Waals surface area contributed by atoms with E-state index in [-0.39, 0.29) is 11.3 Å². The van der Waals surface area contributed by atoms with Gasteiger partial charge in [-0.15, -0.1) is 11.3 Å². The third kappa shape index (κ3) is 6.01. The minimum atomic E-state index is -4.44. The van der Waals surface area contributed by atoms with Crippen molar-refractivity contribution >= 4 is 34.1 Å². The van der Waals surface area contributed by atoms with Gasteiger partial charge in [0.05, 0.1) is 17.3 Å². The second-order valence-corrected chi connectivity index (χ2v) is 11.9. The molecule has 0 unspecified atom stereocenters. The molecule has 5 rings (SSSR count). The number of furan rings is 1. The number of aliphatic imine (C=N–C) groups is 1. The summed E-state index contributed by atoms with van der Waals surface area (Å²) in [4.78, 5) is 19.3. The number of hydrogen-bond acceptors (Lipinski definition) is 4. The molecule has 0 bridgehead atoms. The Bertz CT molecular complexity index is 1510. The van der Waals surface area contributed by atoms with E-state index in [0.29, 0.717) is 39.3 Å². The number of carbonyl (C=O) groups is 1. The number of para-hydroxylation sites is 1. The SMILES string of the molecule is CC(C)(C)[C@@H]1CCc2c(sc(N=Cc3ccc(-c4cccc(C(F)(F)F)c4)o3)c2C(=O)Nc2ccccc2)C1. The first kappa shape index (κ1) is 26.9. The van der Waals surface area contributed by atoms with Gasteiger partial charge in [-0.05, 0) is 72.6 Å². The summed E-state index contributed by atoms with van der Waals surface area (Å²) >= 11 is 1.52. The van der Waals surface area contributed by atoms with Crippen molar-refractivity contribution in [3.8, 4) is 11.3 Å². The molecule has 4 aromatic rings. The summed E-state index contributed by atoms with van der Waals surface area (Å²) < 4.78 is 45.2. The number of benzene rings is 2. The fraction of sp³-hybridized carbons (Fsp3) is 0.290. The van der Waals surface area contributed by atoms with E-state index in [1.807, 2.05) is 30.3 Å². The van der Waals surface area contributed by atoms with Crippen LogP contribution in [0.2, 0.25) is 0 Å². The van der Waals surface area contributed by atoms with Crippen LogP contribution in [0.15, 0.2) is 76.1 Å². The van der Waals surface area contributed by atoms with Gasteiger partial charge in [0.15, 0.2) is 0 Å². The Morgan fingerprint density at radius 1 is 1.05 bits per heavy atom. The standard InChI is InChI=1S/C31H29F3N2O2S/c1-30(2,3)20-12-14-24-26(17-20)39-29(27(24)28(37)36-22-10-5-4-6-11-22)35-18-23-13-15-25(38-23)19-8-7-9-21(16-19)31(32,33)34/h4-11,13,15-16,18,20H,12,14,17H2,1-3H3,(H,36,37)/t20-/m1/s1. The third-order valence-electron chi connectivity index (χ3n) is 7.14. The lowest BCUT2D eigenvalue weighted by Gasteiger charge is -2.33. The third-order valence-corrected chi connectivity index (χ3v) is 8.30. The van der Waals surface area contributed by atoms with E-state index < -0.39 is 11.7 Å². The normalized spacial score (nSPS) is 15.9. The van der Waals surface area contributed by atoms with Gasteiger partial charge in [-0.1, -0.05) is 51.1 Å². The van der Waals surface area contributed by atoms with Crippen molar-refractivity contribution in [2.45, 2.75) is 46.2 Å². The van der Waals surface area contributed by atoms with Gasteiger partial charge in [0.25, 0.3) is 5.91 Å². The first-order valence-corrected chi connectivity index (χ1v) is 13.6. The molecule has 0 saturated heterocycles. The number of halogens is 3. The fourth-order valence-corrected chi connectivity index (χ4v) is 6.17. The van der Waals surface area contributed by atoms with E-state index in [4.69, 9.17) is 4.42 Å². The Kier molecular flexibility index (Phi) is 7.25. The number of thiophene rings is 1. The number of fused-ring (bicyclic) bond motifs is 1. The van der Waals surface area contributed by atoms with Crippen molar-refractivity contribution < 1.29 is 22.4 Å².